The largest absolute Gasteiger partial charge is 0.324 e. The zero-order chi connectivity index (χ0) is 15.5. The first kappa shape index (κ1) is 14.1. The summed E-state index contributed by atoms with van der Waals surface area (Å²) in [4.78, 5) is 16.5. The molecule has 0 unspecified atom stereocenters. The Kier molecular flexibility index (Phi) is 3.78. The first-order valence-electron chi connectivity index (χ1n) is 6.70. The molecular weight excluding hydrogens is 286 g/mol. The number of aromatic nitrogens is 2. The van der Waals surface area contributed by atoms with Gasteiger partial charge in [0, 0.05) is 23.5 Å². The maximum Gasteiger partial charge on any atom is 0.228 e. The zero-order valence-electron chi connectivity index (χ0n) is 11.5. The fraction of sp³-hybridized carbons (Fsp3) is 0.0588. The smallest absolute Gasteiger partial charge is 0.228 e. The molecule has 0 aliphatic heterocycles. The molecule has 0 amide bonds. The van der Waals surface area contributed by atoms with Crippen molar-refractivity contribution in [2.24, 2.45) is 0 Å². The molecule has 3 rings (SSSR count). The molecule has 0 saturated carbocycles. The number of nitrogens with zero attached hydrogens (tertiary/aromatic N) is 2. The van der Waals surface area contributed by atoms with Gasteiger partial charge in [-0.2, -0.15) is 0 Å². The van der Waals surface area contributed by atoms with E-state index in [1.807, 2.05) is 6.07 Å². The summed E-state index contributed by atoms with van der Waals surface area (Å²) in [6, 6.07) is 11.9. The van der Waals surface area contributed by atoms with Crippen LogP contribution in [0.5, 0.6) is 0 Å². The van der Waals surface area contributed by atoms with E-state index >= 15 is 0 Å². The zero-order valence-corrected chi connectivity index (χ0v) is 11.5. The number of hydrogen-bond donors (Lipinski definition) is 0. The fourth-order valence-corrected chi connectivity index (χ4v) is 2.21. The highest BCUT2D eigenvalue weighted by Gasteiger charge is 2.16. The number of carbonyl (C=O) groups is 1. The Labute approximate surface area is 125 Å². The van der Waals surface area contributed by atoms with Crippen molar-refractivity contribution in [1.82, 2.24) is 9.55 Å². The Morgan fingerprint density at radius 2 is 1.86 bits per heavy atom. The second-order valence-electron chi connectivity index (χ2n) is 4.81. The van der Waals surface area contributed by atoms with Crippen molar-refractivity contribution in [1.29, 1.82) is 0 Å². The monoisotopic (exact) mass is 298 g/mol. The van der Waals surface area contributed by atoms with Crippen LogP contribution in [0, 0.1) is 11.6 Å². The van der Waals surface area contributed by atoms with Crippen molar-refractivity contribution in [3.63, 3.8) is 0 Å². The molecule has 0 aliphatic rings. The van der Waals surface area contributed by atoms with Crippen molar-refractivity contribution < 1.29 is 13.6 Å². The Bertz CT molecular complexity index is 813. The van der Waals surface area contributed by atoms with Gasteiger partial charge in [-0.05, 0) is 18.2 Å². The Morgan fingerprint density at radius 3 is 2.64 bits per heavy atom. The number of halogens is 2. The lowest BCUT2D eigenvalue weighted by Gasteiger charge is -2.08. The summed E-state index contributed by atoms with van der Waals surface area (Å²) in [6.07, 6.45) is 3.04. The summed E-state index contributed by atoms with van der Waals surface area (Å²) in [7, 11) is 0. The molecule has 1 aromatic heterocycles. The van der Waals surface area contributed by atoms with Gasteiger partial charge in [-0.25, -0.2) is 13.8 Å². The van der Waals surface area contributed by atoms with Gasteiger partial charge in [0.25, 0.3) is 0 Å². The highest BCUT2D eigenvalue weighted by Crippen LogP contribution is 2.14. The van der Waals surface area contributed by atoms with Crippen LogP contribution in [0.25, 0.3) is 0 Å². The summed E-state index contributed by atoms with van der Waals surface area (Å²) >= 11 is 0. The van der Waals surface area contributed by atoms with E-state index < -0.39 is 11.6 Å². The molecule has 3 nitrogen and oxygen atoms in total. The van der Waals surface area contributed by atoms with Gasteiger partial charge in [0.15, 0.2) is 5.82 Å². The number of ketones is 1. The van der Waals surface area contributed by atoms with Crippen LogP contribution < -0.4 is 0 Å². The van der Waals surface area contributed by atoms with Crippen molar-refractivity contribution in [2.75, 3.05) is 0 Å². The summed E-state index contributed by atoms with van der Waals surface area (Å²) in [6.45, 7) is 0.0392. The summed E-state index contributed by atoms with van der Waals surface area (Å²) in [5.41, 5.74) is 0.662. The SMILES string of the molecule is O=C(c1ccccc1)c1nccn1Cc1cc(F)ccc1F. The molecule has 0 aliphatic carbocycles. The third kappa shape index (κ3) is 2.79. The van der Waals surface area contributed by atoms with E-state index in [4.69, 9.17) is 0 Å². The lowest BCUT2D eigenvalue weighted by molar-refractivity contribution is 0.102. The number of benzene rings is 2. The second kappa shape index (κ2) is 5.89. The van der Waals surface area contributed by atoms with Crippen LogP contribution in [-0.2, 0) is 6.54 Å². The molecule has 2 aromatic carbocycles. The van der Waals surface area contributed by atoms with E-state index in [2.05, 4.69) is 4.98 Å². The van der Waals surface area contributed by atoms with E-state index in [1.54, 1.807) is 30.5 Å². The standard InChI is InChI=1S/C17H12F2N2O/c18-14-6-7-15(19)13(10-14)11-21-9-8-20-17(21)16(22)12-4-2-1-3-5-12/h1-10H,11H2. The molecule has 110 valence electrons. The minimum atomic E-state index is -0.521. The molecule has 0 radical (unpaired) electrons. The quantitative estimate of drug-likeness (QED) is 0.692. The lowest BCUT2D eigenvalue weighted by Crippen LogP contribution is -2.12. The summed E-state index contributed by atoms with van der Waals surface area (Å²) in [5, 5.41) is 0. The van der Waals surface area contributed by atoms with Crippen LogP contribution in [-0.4, -0.2) is 15.3 Å². The van der Waals surface area contributed by atoms with Crippen molar-refractivity contribution in [2.45, 2.75) is 6.54 Å². The predicted molar refractivity (Wildman–Crippen MR) is 77.6 cm³/mol. The maximum absolute atomic E-state index is 13.7. The van der Waals surface area contributed by atoms with Crippen LogP contribution in [0.3, 0.4) is 0 Å². The summed E-state index contributed by atoms with van der Waals surface area (Å²) in [5.74, 6) is -1.11. The number of carbonyl (C=O) groups excluding carboxylic acids is 1. The molecule has 22 heavy (non-hydrogen) atoms. The van der Waals surface area contributed by atoms with Crippen molar-refractivity contribution in [3.8, 4) is 0 Å². The van der Waals surface area contributed by atoms with Crippen molar-refractivity contribution in [3.05, 3.63) is 89.5 Å². The first-order valence-corrected chi connectivity index (χ1v) is 6.70. The van der Waals surface area contributed by atoms with E-state index in [9.17, 15) is 13.6 Å². The molecule has 5 heteroatoms. The van der Waals surface area contributed by atoms with E-state index in [-0.39, 0.29) is 23.7 Å². The molecule has 0 N–H and O–H groups in total. The topological polar surface area (TPSA) is 34.9 Å². The van der Waals surface area contributed by atoms with Gasteiger partial charge in [0.1, 0.15) is 11.6 Å². The van der Waals surface area contributed by atoms with E-state index in [0.717, 1.165) is 18.2 Å². The predicted octanol–water partition coefficient (Wildman–Crippen LogP) is 3.44. The number of rotatable bonds is 4. The highest BCUT2D eigenvalue weighted by molar-refractivity contribution is 6.06. The third-order valence-electron chi connectivity index (χ3n) is 3.30. The van der Waals surface area contributed by atoms with Gasteiger partial charge in [0.05, 0.1) is 6.54 Å². The molecular formula is C17H12F2N2O. The van der Waals surface area contributed by atoms with Gasteiger partial charge >= 0.3 is 0 Å². The van der Waals surface area contributed by atoms with Gasteiger partial charge in [0.2, 0.25) is 5.78 Å². The van der Waals surface area contributed by atoms with Crippen LogP contribution >= 0.6 is 0 Å². The fourth-order valence-electron chi connectivity index (χ4n) is 2.21. The highest BCUT2D eigenvalue weighted by atomic mass is 19.1. The van der Waals surface area contributed by atoms with Crippen LogP contribution in [0.4, 0.5) is 8.78 Å². The van der Waals surface area contributed by atoms with Crippen LogP contribution in [0.15, 0.2) is 60.9 Å². The van der Waals surface area contributed by atoms with Gasteiger partial charge in [-0.3, -0.25) is 4.79 Å². The van der Waals surface area contributed by atoms with Gasteiger partial charge < -0.3 is 4.57 Å². The normalized spacial score (nSPS) is 10.6. The average molecular weight is 298 g/mol. The molecule has 0 fully saturated rings. The molecule has 3 aromatic rings. The molecule has 0 atom stereocenters. The summed E-state index contributed by atoms with van der Waals surface area (Å²) < 4.78 is 28.5. The molecule has 1 heterocycles. The second-order valence-corrected chi connectivity index (χ2v) is 4.81. The Morgan fingerprint density at radius 1 is 1.09 bits per heavy atom. The average Bonchev–Trinajstić information content (AvgIpc) is 2.99. The molecule has 0 bridgehead atoms. The van der Waals surface area contributed by atoms with Gasteiger partial charge in [-0.15, -0.1) is 0 Å². The minimum absolute atomic E-state index is 0.0392. The number of imidazole rings is 1. The van der Waals surface area contributed by atoms with E-state index in [0.29, 0.717) is 5.56 Å². The first-order chi connectivity index (χ1) is 10.6. The number of hydrogen-bond acceptors (Lipinski definition) is 2. The minimum Gasteiger partial charge on any atom is -0.324 e. The van der Waals surface area contributed by atoms with Crippen molar-refractivity contribution >= 4 is 5.78 Å². The lowest BCUT2D eigenvalue weighted by atomic mass is 10.1. The molecule has 0 saturated heterocycles. The third-order valence-corrected chi connectivity index (χ3v) is 3.30. The Hall–Kier alpha value is -2.82. The van der Waals surface area contributed by atoms with Gasteiger partial charge in [-0.1, -0.05) is 30.3 Å². The van der Waals surface area contributed by atoms with Crippen LogP contribution in [0.1, 0.15) is 21.7 Å². The molecule has 0 spiro atoms. The maximum atomic E-state index is 13.7. The van der Waals surface area contributed by atoms with E-state index in [1.165, 1.54) is 10.8 Å². The van der Waals surface area contributed by atoms with Crippen LogP contribution in [0.2, 0.25) is 0 Å². The Balaban J connectivity index is 1.93.